The summed E-state index contributed by atoms with van der Waals surface area (Å²) in [4.78, 5) is 4.39. The summed E-state index contributed by atoms with van der Waals surface area (Å²) in [5, 5.41) is 3.31. The number of anilines is 1. The Morgan fingerprint density at radius 3 is 3.12 bits per heavy atom. The lowest BCUT2D eigenvalue weighted by Crippen LogP contribution is -2.27. The first-order chi connectivity index (χ1) is 8.24. The second-order valence-electron chi connectivity index (χ2n) is 5.16. The van der Waals surface area contributed by atoms with Gasteiger partial charge in [-0.05, 0) is 18.3 Å². The highest BCUT2D eigenvalue weighted by Crippen LogP contribution is 2.38. The standard InChI is InChI=1S/C14H23N3/c1-4-8-15-14-16-9-10-17(14)13-7-5-6-11(2)12(13)3/h4,9-13H,1,5-8H2,2-3H3,(H,15,16). The molecular formula is C14H23N3. The molecule has 0 spiro atoms. The lowest BCUT2D eigenvalue weighted by Gasteiger charge is -2.35. The first-order valence-corrected chi connectivity index (χ1v) is 6.61. The summed E-state index contributed by atoms with van der Waals surface area (Å²) in [7, 11) is 0. The van der Waals surface area contributed by atoms with E-state index in [0.717, 1.165) is 24.3 Å². The number of aromatic nitrogens is 2. The van der Waals surface area contributed by atoms with E-state index in [4.69, 9.17) is 0 Å². The van der Waals surface area contributed by atoms with Gasteiger partial charge in [0.15, 0.2) is 0 Å². The zero-order chi connectivity index (χ0) is 12.3. The van der Waals surface area contributed by atoms with Crippen LogP contribution in [0, 0.1) is 11.8 Å². The molecular weight excluding hydrogens is 210 g/mol. The van der Waals surface area contributed by atoms with E-state index >= 15 is 0 Å². The SMILES string of the molecule is C=CCNc1nccn1C1CCCC(C)C1C. The molecule has 0 aromatic carbocycles. The van der Waals surface area contributed by atoms with E-state index in [1.54, 1.807) is 0 Å². The van der Waals surface area contributed by atoms with Crippen LogP contribution in [-0.4, -0.2) is 16.1 Å². The Labute approximate surface area is 104 Å². The zero-order valence-electron chi connectivity index (χ0n) is 10.9. The van der Waals surface area contributed by atoms with Gasteiger partial charge in [0.25, 0.3) is 0 Å². The Kier molecular flexibility index (Phi) is 3.87. The minimum atomic E-state index is 0.591. The molecule has 3 heteroatoms. The first kappa shape index (κ1) is 12.2. The molecule has 0 radical (unpaired) electrons. The molecule has 2 rings (SSSR count). The van der Waals surface area contributed by atoms with Crippen molar-refractivity contribution in [1.82, 2.24) is 9.55 Å². The summed E-state index contributed by atoms with van der Waals surface area (Å²) in [5.74, 6) is 2.52. The van der Waals surface area contributed by atoms with Gasteiger partial charge < -0.3 is 9.88 Å². The Morgan fingerprint density at radius 1 is 1.53 bits per heavy atom. The predicted octanol–water partition coefficient (Wildman–Crippen LogP) is 3.48. The second kappa shape index (κ2) is 5.39. The maximum atomic E-state index is 4.39. The Balaban J connectivity index is 2.15. The van der Waals surface area contributed by atoms with Crippen LogP contribution in [0.5, 0.6) is 0 Å². The molecule has 1 N–H and O–H groups in total. The summed E-state index contributed by atoms with van der Waals surface area (Å²) < 4.78 is 2.31. The van der Waals surface area contributed by atoms with Gasteiger partial charge in [0.2, 0.25) is 5.95 Å². The van der Waals surface area contributed by atoms with Gasteiger partial charge >= 0.3 is 0 Å². The van der Waals surface area contributed by atoms with Crippen molar-refractivity contribution in [3.8, 4) is 0 Å². The van der Waals surface area contributed by atoms with E-state index in [2.05, 4.69) is 41.5 Å². The van der Waals surface area contributed by atoms with Crippen LogP contribution in [-0.2, 0) is 0 Å². The number of nitrogens with zero attached hydrogens (tertiary/aromatic N) is 2. The number of hydrogen-bond acceptors (Lipinski definition) is 2. The molecule has 0 bridgehead atoms. The van der Waals surface area contributed by atoms with E-state index < -0.39 is 0 Å². The van der Waals surface area contributed by atoms with Gasteiger partial charge in [-0.2, -0.15) is 0 Å². The normalized spacial score (nSPS) is 28.9. The molecule has 3 unspecified atom stereocenters. The van der Waals surface area contributed by atoms with Gasteiger partial charge in [-0.25, -0.2) is 4.98 Å². The van der Waals surface area contributed by atoms with Gasteiger partial charge in [-0.15, -0.1) is 6.58 Å². The van der Waals surface area contributed by atoms with Crippen LogP contribution in [0.2, 0.25) is 0 Å². The smallest absolute Gasteiger partial charge is 0.203 e. The summed E-state index contributed by atoms with van der Waals surface area (Å²) in [6.45, 7) is 9.23. The molecule has 17 heavy (non-hydrogen) atoms. The largest absolute Gasteiger partial charge is 0.352 e. The fourth-order valence-electron chi connectivity index (χ4n) is 2.83. The molecule has 1 aliphatic rings. The average molecular weight is 233 g/mol. The van der Waals surface area contributed by atoms with Crippen molar-refractivity contribution < 1.29 is 0 Å². The highest BCUT2D eigenvalue weighted by atomic mass is 15.2. The number of rotatable bonds is 4. The Morgan fingerprint density at radius 2 is 2.35 bits per heavy atom. The van der Waals surface area contributed by atoms with Crippen LogP contribution < -0.4 is 5.32 Å². The molecule has 0 amide bonds. The second-order valence-corrected chi connectivity index (χ2v) is 5.16. The minimum Gasteiger partial charge on any atom is -0.352 e. The molecule has 3 nitrogen and oxygen atoms in total. The lowest BCUT2D eigenvalue weighted by atomic mass is 9.78. The van der Waals surface area contributed by atoms with Crippen LogP contribution in [0.25, 0.3) is 0 Å². The molecule has 94 valence electrons. The van der Waals surface area contributed by atoms with Crippen molar-refractivity contribution in [3.63, 3.8) is 0 Å². The summed E-state index contributed by atoms with van der Waals surface area (Å²) in [5.41, 5.74) is 0. The highest BCUT2D eigenvalue weighted by molar-refractivity contribution is 5.28. The quantitative estimate of drug-likeness (QED) is 0.807. The van der Waals surface area contributed by atoms with Crippen LogP contribution in [0.1, 0.15) is 39.2 Å². The van der Waals surface area contributed by atoms with Crippen molar-refractivity contribution in [2.45, 2.75) is 39.2 Å². The van der Waals surface area contributed by atoms with Crippen LogP contribution in [0.15, 0.2) is 25.0 Å². The molecule has 1 aliphatic carbocycles. The van der Waals surface area contributed by atoms with E-state index in [-0.39, 0.29) is 0 Å². The Bertz CT molecular complexity index is 369. The van der Waals surface area contributed by atoms with E-state index in [1.807, 2.05) is 12.3 Å². The third-order valence-electron chi connectivity index (χ3n) is 4.09. The summed E-state index contributed by atoms with van der Waals surface area (Å²) >= 11 is 0. The van der Waals surface area contributed by atoms with Crippen LogP contribution in [0.3, 0.4) is 0 Å². The third-order valence-corrected chi connectivity index (χ3v) is 4.09. The first-order valence-electron chi connectivity index (χ1n) is 6.61. The zero-order valence-corrected chi connectivity index (χ0v) is 10.9. The van der Waals surface area contributed by atoms with Crippen molar-refractivity contribution in [2.75, 3.05) is 11.9 Å². The molecule has 1 aromatic rings. The molecule has 1 saturated carbocycles. The fraction of sp³-hybridized carbons (Fsp3) is 0.643. The monoisotopic (exact) mass is 233 g/mol. The topological polar surface area (TPSA) is 29.9 Å². The van der Waals surface area contributed by atoms with Crippen molar-refractivity contribution >= 4 is 5.95 Å². The maximum Gasteiger partial charge on any atom is 0.203 e. The number of imidazole rings is 1. The predicted molar refractivity (Wildman–Crippen MR) is 72.1 cm³/mol. The average Bonchev–Trinajstić information content (AvgIpc) is 2.78. The van der Waals surface area contributed by atoms with Gasteiger partial charge in [-0.3, -0.25) is 0 Å². The summed E-state index contributed by atoms with van der Waals surface area (Å²) in [6, 6.07) is 0.591. The van der Waals surface area contributed by atoms with Crippen LogP contribution in [0.4, 0.5) is 5.95 Å². The highest BCUT2D eigenvalue weighted by Gasteiger charge is 2.29. The number of hydrogen-bond donors (Lipinski definition) is 1. The lowest BCUT2D eigenvalue weighted by molar-refractivity contribution is 0.188. The molecule has 1 aromatic heterocycles. The summed E-state index contributed by atoms with van der Waals surface area (Å²) in [6.07, 6.45) is 9.82. The van der Waals surface area contributed by atoms with Crippen molar-refractivity contribution in [2.24, 2.45) is 11.8 Å². The van der Waals surface area contributed by atoms with E-state index in [0.29, 0.717) is 6.04 Å². The van der Waals surface area contributed by atoms with Gasteiger partial charge in [0, 0.05) is 25.0 Å². The molecule has 0 aliphatic heterocycles. The third kappa shape index (κ3) is 2.54. The Hall–Kier alpha value is -1.25. The molecule has 1 heterocycles. The van der Waals surface area contributed by atoms with Crippen LogP contribution >= 0.6 is 0 Å². The van der Waals surface area contributed by atoms with Gasteiger partial charge in [0.1, 0.15) is 0 Å². The van der Waals surface area contributed by atoms with Gasteiger partial charge in [0.05, 0.1) is 0 Å². The van der Waals surface area contributed by atoms with E-state index in [1.165, 1.54) is 19.3 Å². The molecule has 3 atom stereocenters. The molecule has 1 fully saturated rings. The van der Waals surface area contributed by atoms with Crippen molar-refractivity contribution in [1.29, 1.82) is 0 Å². The fourth-order valence-corrected chi connectivity index (χ4v) is 2.83. The van der Waals surface area contributed by atoms with E-state index in [9.17, 15) is 0 Å². The van der Waals surface area contributed by atoms with Gasteiger partial charge in [-0.1, -0.05) is 32.8 Å². The maximum absolute atomic E-state index is 4.39. The van der Waals surface area contributed by atoms with Crippen molar-refractivity contribution in [3.05, 3.63) is 25.0 Å². The minimum absolute atomic E-state index is 0.591. The number of nitrogens with one attached hydrogen (secondary N) is 1. The molecule has 0 saturated heterocycles.